The lowest BCUT2D eigenvalue weighted by molar-refractivity contribution is -0.113. The molecule has 0 bridgehead atoms. The predicted octanol–water partition coefficient (Wildman–Crippen LogP) is 3.36. The number of hydrogen-bond acceptors (Lipinski definition) is 5. The molecule has 0 unspecified atom stereocenters. The maximum absolute atomic E-state index is 14.3. The third-order valence-corrected chi connectivity index (χ3v) is 5.24. The van der Waals surface area contributed by atoms with Crippen molar-refractivity contribution in [3.8, 4) is 11.5 Å². The average molecular weight is 400 g/mol. The summed E-state index contributed by atoms with van der Waals surface area (Å²) in [5.74, 6) is 0.536. The summed E-state index contributed by atoms with van der Waals surface area (Å²) in [6, 6.07) is 10.2. The monoisotopic (exact) mass is 400 g/mol. The zero-order valence-corrected chi connectivity index (χ0v) is 15.9. The zero-order valence-electron chi connectivity index (χ0n) is 15.1. The van der Waals surface area contributed by atoms with Crippen LogP contribution in [-0.4, -0.2) is 31.0 Å². The van der Waals surface area contributed by atoms with Crippen LogP contribution in [0.4, 0.5) is 4.39 Å². The minimum Gasteiger partial charge on any atom is -0.454 e. The Morgan fingerprint density at radius 3 is 3.04 bits per heavy atom. The van der Waals surface area contributed by atoms with E-state index in [1.807, 2.05) is 6.07 Å². The van der Waals surface area contributed by atoms with Gasteiger partial charge in [-0.2, -0.15) is 4.99 Å². The third kappa shape index (κ3) is 3.69. The third-order valence-electron chi connectivity index (χ3n) is 4.19. The number of carbonyl (C=O) groups is 1. The Labute approximate surface area is 164 Å². The molecule has 0 saturated carbocycles. The molecule has 0 aliphatic carbocycles. The van der Waals surface area contributed by atoms with Crippen LogP contribution in [0.1, 0.15) is 5.56 Å². The van der Waals surface area contributed by atoms with Crippen molar-refractivity contribution in [1.29, 1.82) is 0 Å². The van der Waals surface area contributed by atoms with Gasteiger partial charge in [0.05, 0.1) is 16.8 Å². The van der Waals surface area contributed by atoms with E-state index in [0.29, 0.717) is 35.0 Å². The molecule has 28 heavy (non-hydrogen) atoms. The van der Waals surface area contributed by atoms with Crippen molar-refractivity contribution < 1.29 is 23.4 Å². The first kappa shape index (κ1) is 18.4. The second-order valence-electron chi connectivity index (χ2n) is 6.01. The summed E-state index contributed by atoms with van der Waals surface area (Å²) in [5, 5.41) is 0. The number of methoxy groups -OCH3 is 1. The first-order chi connectivity index (χ1) is 13.7. The molecule has 2 heterocycles. The quantitative estimate of drug-likeness (QED) is 0.616. The van der Waals surface area contributed by atoms with Crippen LogP contribution in [-0.2, 0) is 16.1 Å². The molecule has 144 valence electrons. The van der Waals surface area contributed by atoms with Gasteiger partial charge in [0.15, 0.2) is 16.3 Å². The van der Waals surface area contributed by atoms with Crippen LogP contribution in [0.3, 0.4) is 0 Å². The van der Waals surface area contributed by atoms with Gasteiger partial charge >= 0.3 is 0 Å². The van der Waals surface area contributed by atoms with Crippen molar-refractivity contribution in [2.24, 2.45) is 4.99 Å². The molecule has 1 aliphatic rings. The van der Waals surface area contributed by atoms with Crippen molar-refractivity contribution in [3.05, 3.63) is 58.7 Å². The van der Waals surface area contributed by atoms with Crippen molar-refractivity contribution in [1.82, 2.24) is 4.57 Å². The van der Waals surface area contributed by atoms with E-state index in [1.165, 1.54) is 23.5 Å². The number of amides is 1. The molecule has 4 rings (SSSR count). The lowest BCUT2D eigenvalue weighted by atomic mass is 10.2. The molecule has 3 aromatic rings. The van der Waals surface area contributed by atoms with Crippen LogP contribution in [0, 0.1) is 5.82 Å². The van der Waals surface area contributed by atoms with Crippen LogP contribution in [0.25, 0.3) is 16.3 Å². The number of aromatic nitrogens is 1. The second-order valence-corrected chi connectivity index (χ2v) is 7.02. The molecule has 6 nitrogen and oxygen atoms in total. The minimum atomic E-state index is -0.434. The highest BCUT2D eigenvalue weighted by atomic mass is 32.1. The molecule has 1 amide bonds. The zero-order chi connectivity index (χ0) is 19.5. The van der Waals surface area contributed by atoms with Crippen LogP contribution < -0.4 is 14.3 Å². The van der Waals surface area contributed by atoms with E-state index in [9.17, 15) is 9.18 Å². The first-order valence-corrected chi connectivity index (χ1v) is 9.40. The Bertz CT molecular complexity index is 1130. The molecule has 1 aliphatic heterocycles. The molecular weight excluding hydrogens is 383 g/mol. The Hall–Kier alpha value is -2.97. The summed E-state index contributed by atoms with van der Waals surface area (Å²) in [6.45, 7) is 0.977. The van der Waals surface area contributed by atoms with Crippen LogP contribution >= 0.6 is 11.3 Å². The highest BCUT2D eigenvalue weighted by Gasteiger charge is 2.13. The molecule has 0 saturated heterocycles. The number of rotatable bonds is 5. The standard InChI is InChI=1S/C20H17FN2O4S/c1-25-10-9-23-19-14(21)3-2-4-17(19)28-20(23)22-18(24)8-6-13-5-7-15-16(11-13)27-12-26-15/h2-8,11H,9-10,12H2,1H3. The van der Waals surface area contributed by atoms with Gasteiger partial charge < -0.3 is 18.8 Å². The highest BCUT2D eigenvalue weighted by Crippen LogP contribution is 2.32. The number of thiazole rings is 1. The van der Waals surface area contributed by atoms with Gasteiger partial charge in [0, 0.05) is 19.7 Å². The average Bonchev–Trinajstić information content (AvgIpc) is 3.29. The predicted molar refractivity (Wildman–Crippen MR) is 104 cm³/mol. The van der Waals surface area contributed by atoms with E-state index < -0.39 is 5.91 Å². The molecule has 2 aromatic carbocycles. The van der Waals surface area contributed by atoms with Crippen molar-refractivity contribution in [3.63, 3.8) is 0 Å². The molecule has 0 radical (unpaired) electrons. The number of hydrogen-bond donors (Lipinski definition) is 0. The molecule has 1 aromatic heterocycles. The number of para-hydroxylation sites is 1. The Balaban J connectivity index is 1.65. The molecule has 0 fully saturated rings. The fourth-order valence-corrected chi connectivity index (χ4v) is 3.95. The number of benzene rings is 2. The van der Waals surface area contributed by atoms with Crippen LogP contribution in [0.5, 0.6) is 11.5 Å². The second kappa shape index (κ2) is 7.95. The first-order valence-electron chi connectivity index (χ1n) is 8.59. The summed E-state index contributed by atoms with van der Waals surface area (Å²) in [7, 11) is 1.57. The van der Waals surface area contributed by atoms with Gasteiger partial charge in [-0.05, 0) is 35.9 Å². The fourth-order valence-electron chi connectivity index (χ4n) is 2.88. The summed E-state index contributed by atoms with van der Waals surface area (Å²) in [6.07, 6.45) is 3.03. The number of halogens is 1. The van der Waals surface area contributed by atoms with Gasteiger partial charge in [-0.1, -0.05) is 23.5 Å². The maximum Gasteiger partial charge on any atom is 0.272 e. The van der Waals surface area contributed by atoms with E-state index >= 15 is 0 Å². The van der Waals surface area contributed by atoms with Gasteiger partial charge in [-0.25, -0.2) is 4.39 Å². The largest absolute Gasteiger partial charge is 0.454 e. The SMILES string of the molecule is COCCn1c(=NC(=O)C=Cc2ccc3c(c2)OCO3)sc2cccc(F)c21. The smallest absolute Gasteiger partial charge is 0.272 e. The van der Waals surface area contributed by atoms with Crippen molar-refractivity contribution in [2.45, 2.75) is 6.54 Å². The number of carbonyl (C=O) groups excluding carboxylic acids is 1. The highest BCUT2D eigenvalue weighted by molar-refractivity contribution is 7.16. The van der Waals surface area contributed by atoms with Gasteiger partial charge in [0.2, 0.25) is 6.79 Å². The molecule has 8 heteroatoms. The van der Waals surface area contributed by atoms with Gasteiger partial charge in [-0.15, -0.1) is 0 Å². The summed E-state index contributed by atoms with van der Waals surface area (Å²) in [5.41, 5.74) is 1.22. The topological polar surface area (TPSA) is 62.1 Å². The van der Waals surface area contributed by atoms with Gasteiger partial charge in [0.1, 0.15) is 5.82 Å². The van der Waals surface area contributed by atoms with Gasteiger partial charge in [0.25, 0.3) is 5.91 Å². The van der Waals surface area contributed by atoms with Gasteiger partial charge in [-0.3, -0.25) is 4.79 Å². The minimum absolute atomic E-state index is 0.195. The summed E-state index contributed by atoms with van der Waals surface area (Å²) in [4.78, 5) is 16.9. The number of ether oxygens (including phenoxy) is 3. The van der Waals surface area contributed by atoms with E-state index in [1.54, 1.807) is 42.0 Å². The van der Waals surface area contributed by atoms with E-state index in [4.69, 9.17) is 14.2 Å². The lowest BCUT2D eigenvalue weighted by Crippen LogP contribution is -2.19. The fraction of sp³-hybridized carbons (Fsp3) is 0.200. The summed E-state index contributed by atoms with van der Waals surface area (Å²) >= 11 is 1.26. The molecule has 0 N–H and O–H groups in total. The molecule has 0 atom stereocenters. The lowest BCUT2D eigenvalue weighted by Gasteiger charge is -2.04. The maximum atomic E-state index is 14.3. The van der Waals surface area contributed by atoms with Crippen LogP contribution in [0.2, 0.25) is 0 Å². The van der Waals surface area contributed by atoms with E-state index in [0.717, 1.165) is 10.3 Å². The molecule has 0 spiro atoms. The Morgan fingerprint density at radius 1 is 1.32 bits per heavy atom. The van der Waals surface area contributed by atoms with E-state index in [-0.39, 0.29) is 12.6 Å². The van der Waals surface area contributed by atoms with Crippen molar-refractivity contribution in [2.75, 3.05) is 20.5 Å². The summed E-state index contributed by atoms with van der Waals surface area (Å²) < 4.78 is 32.4. The Kier molecular flexibility index (Phi) is 5.23. The van der Waals surface area contributed by atoms with E-state index in [2.05, 4.69) is 4.99 Å². The molecular formula is C20H17FN2O4S. The Morgan fingerprint density at radius 2 is 2.18 bits per heavy atom. The number of nitrogens with zero attached hydrogens (tertiary/aromatic N) is 2. The van der Waals surface area contributed by atoms with Crippen molar-refractivity contribution >= 4 is 33.5 Å². The number of fused-ring (bicyclic) bond motifs is 2. The normalized spacial score (nSPS) is 13.7. The van der Waals surface area contributed by atoms with Crippen LogP contribution in [0.15, 0.2) is 47.5 Å².